The third kappa shape index (κ3) is 4.02. The zero-order valence-corrected chi connectivity index (χ0v) is 16.2. The Hall–Kier alpha value is -2.47. The van der Waals surface area contributed by atoms with Gasteiger partial charge in [0.05, 0.1) is 17.2 Å². The summed E-state index contributed by atoms with van der Waals surface area (Å²) in [6.45, 7) is 3.11. The molecular formula is C22H26N2O4. The lowest BCUT2D eigenvalue weighted by Gasteiger charge is -2.24. The first-order valence-corrected chi connectivity index (χ1v) is 10.1. The van der Waals surface area contributed by atoms with E-state index >= 15 is 0 Å². The minimum absolute atomic E-state index is 0.0669. The minimum atomic E-state index is -0.448. The lowest BCUT2D eigenvalue weighted by Crippen LogP contribution is -2.35. The fourth-order valence-electron chi connectivity index (χ4n) is 4.08. The monoisotopic (exact) mass is 382 g/mol. The highest BCUT2D eigenvalue weighted by molar-refractivity contribution is 6.05. The highest BCUT2D eigenvalue weighted by Crippen LogP contribution is 2.31. The predicted octanol–water partition coefficient (Wildman–Crippen LogP) is 2.81. The van der Waals surface area contributed by atoms with Gasteiger partial charge in [-0.3, -0.25) is 9.78 Å². The van der Waals surface area contributed by atoms with Crippen LogP contribution in [0.2, 0.25) is 0 Å². The molecule has 2 aliphatic rings. The molecule has 0 spiro atoms. The maximum atomic E-state index is 12.9. The van der Waals surface area contributed by atoms with Gasteiger partial charge in [-0.2, -0.15) is 0 Å². The number of esters is 1. The summed E-state index contributed by atoms with van der Waals surface area (Å²) >= 11 is 0. The number of nitrogens with zero attached hydrogens (tertiary/aromatic N) is 1. The van der Waals surface area contributed by atoms with Crippen molar-refractivity contribution in [1.29, 1.82) is 0 Å². The highest BCUT2D eigenvalue weighted by Gasteiger charge is 2.26. The number of rotatable bonds is 5. The predicted molar refractivity (Wildman–Crippen MR) is 105 cm³/mol. The largest absolute Gasteiger partial charge is 0.452 e. The van der Waals surface area contributed by atoms with Crippen molar-refractivity contribution in [3.8, 4) is 0 Å². The van der Waals surface area contributed by atoms with Crippen LogP contribution >= 0.6 is 0 Å². The van der Waals surface area contributed by atoms with E-state index in [9.17, 15) is 9.59 Å². The van der Waals surface area contributed by atoms with Gasteiger partial charge in [-0.1, -0.05) is 25.1 Å². The smallest absolute Gasteiger partial charge is 0.339 e. The number of para-hydroxylation sites is 1. The Morgan fingerprint density at radius 2 is 2.14 bits per heavy atom. The first kappa shape index (κ1) is 18.9. The molecule has 148 valence electrons. The zero-order valence-electron chi connectivity index (χ0n) is 16.2. The summed E-state index contributed by atoms with van der Waals surface area (Å²) in [5.74, 6) is -0.252. The Bertz CT molecular complexity index is 889. The van der Waals surface area contributed by atoms with Gasteiger partial charge in [0.2, 0.25) is 0 Å². The van der Waals surface area contributed by atoms with E-state index in [1.54, 1.807) is 0 Å². The number of carbonyl (C=O) groups is 2. The van der Waals surface area contributed by atoms with Gasteiger partial charge < -0.3 is 14.8 Å². The number of nitrogens with one attached hydrogen (secondary N) is 1. The van der Waals surface area contributed by atoms with E-state index in [1.165, 1.54) is 0 Å². The summed E-state index contributed by atoms with van der Waals surface area (Å²) in [4.78, 5) is 29.8. The molecule has 2 atom stereocenters. The summed E-state index contributed by atoms with van der Waals surface area (Å²) in [5, 5.41) is 3.58. The second kappa shape index (κ2) is 8.27. The molecule has 28 heavy (non-hydrogen) atoms. The van der Waals surface area contributed by atoms with Crippen LogP contribution in [0, 0.1) is 5.92 Å². The fraction of sp³-hybridized carbons (Fsp3) is 0.500. The van der Waals surface area contributed by atoms with Crippen LogP contribution in [0.15, 0.2) is 24.3 Å². The molecule has 6 heteroatoms. The van der Waals surface area contributed by atoms with Crippen LogP contribution in [0.25, 0.3) is 10.9 Å². The van der Waals surface area contributed by atoms with Crippen LogP contribution in [-0.2, 0) is 27.1 Å². The SMILES string of the molecule is C[C@@H]1CCc2nc3ccccc3c(C(=O)OCC(=O)NC[C@H]3CCCO3)c2C1. The first-order valence-electron chi connectivity index (χ1n) is 10.1. The lowest BCUT2D eigenvalue weighted by atomic mass is 9.84. The number of carbonyl (C=O) groups excluding carboxylic acids is 2. The fourth-order valence-corrected chi connectivity index (χ4v) is 4.08. The van der Waals surface area contributed by atoms with Gasteiger partial charge in [-0.05, 0) is 49.7 Å². The van der Waals surface area contributed by atoms with Gasteiger partial charge in [0.25, 0.3) is 5.91 Å². The maximum absolute atomic E-state index is 12.9. The van der Waals surface area contributed by atoms with Crippen molar-refractivity contribution in [2.24, 2.45) is 5.92 Å². The molecule has 1 aromatic heterocycles. The van der Waals surface area contributed by atoms with Crippen LogP contribution in [0.3, 0.4) is 0 Å². The van der Waals surface area contributed by atoms with Crippen LogP contribution in [-0.4, -0.2) is 42.7 Å². The first-order chi connectivity index (χ1) is 13.6. The topological polar surface area (TPSA) is 77.5 Å². The summed E-state index contributed by atoms with van der Waals surface area (Å²) in [5.41, 5.74) is 3.32. The molecule has 1 aliphatic heterocycles. The van der Waals surface area contributed by atoms with E-state index in [2.05, 4.69) is 12.2 Å². The Labute approximate surface area is 164 Å². The summed E-state index contributed by atoms with van der Waals surface area (Å²) in [6, 6.07) is 7.63. The van der Waals surface area contributed by atoms with Crippen molar-refractivity contribution in [2.45, 2.75) is 45.1 Å². The van der Waals surface area contributed by atoms with Crippen LogP contribution in [0.1, 0.15) is 47.8 Å². The van der Waals surface area contributed by atoms with Crippen molar-refractivity contribution in [3.63, 3.8) is 0 Å². The zero-order chi connectivity index (χ0) is 19.5. The van der Waals surface area contributed by atoms with Gasteiger partial charge in [0, 0.05) is 24.2 Å². The van der Waals surface area contributed by atoms with Gasteiger partial charge in [0.1, 0.15) is 0 Å². The number of aromatic nitrogens is 1. The van der Waals surface area contributed by atoms with Crippen molar-refractivity contribution in [2.75, 3.05) is 19.8 Å². The number of aryl methyl sites for hydroxylation is 1. The van der Waals surface area contributed by atoms with Crippen LogP contribution < -0.4 is 5.32 Å². The number of pyridine rings is 1. The Morgan fingerprint density at radius 1 is 1.29 bits per heavy atom. The second-order valence-electron chi connectivity index (χ2n) is 7.79. The number of fused-ring (bicyclic) bond motifs is 2. The molecule has 0 bridgehead atoms. The Balaban J connectivity index is 1.50. The number of benzene rings is 1. The quantitative estimate of drug-likeness (QED) is 0.805. The van der Waals surface area contributed by atoms with Gasteiger partial charge in [-0.15, -0.1) is 0 Å². The van der Waals surface area contributed by atoms with Crippen LogP contribution in [0.5, 0.6) is 0 Å². The molecular weight excluding hydrogens is 356 g/mol. The summed E-state index contributed by atoms with van der Waals surface area (Å²) in [7, 11) is 0. The van der Waals surface area contributed by atoms with E-state index in [4.69, 9.17) is 14.5 Å². The van der Waals surface area contributed by atoms with E-state index < -0.39 is 5.97 Å². The van der Waals surface area contributed by atoms with Gasteiger partial charge in [-0.25, -0.2) is 4.79 Å². The average molecular weight is 382 g/mol. The second-order valence-corrected chi connectivity index (χ2v) is 7.79. The van der Waals surface area contributed by atoms with Gasteiger partial charge >= 0.3 is 5.97 Å². The van der Waals surface area contributed by atoms with E-state index in [0.29, 0.717) is 18.0 Å². The van der Waals surface area contributed by atoms with Crippen molar-refractivity contribution >= 4 is 22.8 Å². The molecule has 1 aliphatic carbocycles. The minimum Gasteiger partial charge on any atom is -0.452 e. The molecule has 2 aromatic rings. The third-order valence-electron chi connectivity index (χ3n) is 5.59. The molecule has 0 saturated carbocycles. The van der Waals surface area contributed by atoms with Crippen molar-refractivity contribution < 1.29 is 19.1 Å². The highest BCUT2D eigenvalue weighted by atomic mass is 16.5. The van der Waals surface area contributed by atoms with E-state index in [0.717, 1.165) is 60.9 Å². The number of ether oxygens (including phenoxy) is 2. The standard InChI is InChI=1S/C22H26N2O4/c1-14-8-9-19-17(11-14)21(16-6-2-3-7-18(16)24-19)22(26)28-13-20(25)23-12-15-5-4-10-27-15/h2-3,6-7,14-15H,4-5,8-13H2,1H3,(H,23,25)/t14-,15-/m1/s1. The molecule has 1 saturated heterocycles. The number of hydrogen-bond donors (Lipinski definition) is 1. The Morgan fingerprint density at radius 3 is 2.96 bits per heavy atom. The molecule has 0 radical (unpaired) electrons. The normalized spacial score (nSPS) is 21.3. The van der Waals surface area contributed by atoms with Crippen LogP contribution in [0.4, 0.5) is 0 Å². The molecule has 0 unspecified atom stereocenters. The molecule has 1 aromatic carbocycles. The molecule has 4 rings (SSSR count). The van der Waals surface area contributed by atoms with Crippen molar-refractivity contribution in [3.05, 3.63) is 41.1 Å². The number of hydrogen-bond acceptors (Lipinski definition) is 5. The lowest BCUT2D eigenvalue weighted by molar-refractivity contribution is -0.124. The van der Waals surface area contributed by atoms with E-state index in [1.807, 2.05) is 24.3 Å². The molecule has 1 amide bonds. The molecule has 1 fully saturated rings. The summed E-state index contributed by atoms with van der Waals surface area (Å²) in [6.07, 6.45) is 4.78. The Kier molecular flexibility index (Phi) is 5.57. The van der Waals surface area contributed by atoms with E-state index in [-0.39, 0.29) is 18.6 Å². The maximum Gasteiger partial charge on any atom is 0.339 e. The molecule has 6 nitrogen and oxygen atoms in total. The number of amides is 1. The third-order valence-corrected chi connectivity index (χ3v) is 5.59. The van der Waals surface area contributed by atoms with Crippen molar-refractivity contribution in [1.82, 2.24) is 10.3 Å². The molecule has 2 heterocycles. The van der Waals surface area contributed by atoms with Gasteiger partial charge in [0.15, 0.2) is 6.61 Å². The summed E-state index contributed by atoms with van der Waals surface area (Å²) < 4.78 is 10.9. The molecule has 1 N–H and O–H groups in total. The average Bonchev–Trinajstić information content (AvgIpc) is 3.22.